The minimum absolute atomic E-state index is 0.0108. The molecule has 0 bridgehead atoms. The summed E-state index contributed by atoms with van der Waals surface area (Å²) in [5.74, 6) is -1.69. The van der Waals surface area contributed by atoms with Crippen LogP contribution < -0.4 is 16.2 Å². The van der Waals surface area contributed by atoms with Gasteiger partial charge in [0, 0.05) is 25.1 Å². The highest BCUT2D eigenvalue weighted by Crippen LogP contribution is 2.25. The average molecular weight is 388 g/mol. The van der Waals surface area contributed by atoms with Crippen LogP contribution in [0.25, 0.3) is 5.69 Å². The third-order valence-corrected chi connectivity index (χ3v) is 4.69. The Balaban J connectivity index is 2.01. The molecule has 1 fully saturated rings. The number of halogens is 1. The van der Waals surface area contributed by atoms with Crippen LogP contribution in [-0.4, -0.2) is 41.4 Å². The second-order valence-corrected chi connectivity index (χ2v) is 6.49. The number of piperidine rings is 1. The van der Waals surface area contributed by atoms with E-state index in [2.05, 4.69) is 5.10 Å². The van der Waals surface area contributed by atoms with E-state index in [4.69, 9.17) is 10.5 Å². The van der Waals surface area contributed by atoms with Gasteiger partial charge in [0.2, 0.25) is 5.91 Å². The van der Waals surface area contributed by atoms with Crippen molar-refractivity contribution in [2.24, 2.45) is 11.7 Å². The van der Waals surface area contributed by atoms with Crippen LogP contribution in [0.5, 0.6) is 0 Å². The monoisotopic (exact) mass is 388 g/mol. The van der Waals surface area contributed by atoms with E-state index in [1.54, 1.807) is 6.92 Å². The third kappa shape index (κ3) is 4.03. The molecule has 0 saturated carbocycles. The summed E-state index contributed by atoms with van der Waals surface area (Å²) in [5.41, 5.74) is 5.57. The Bertz CT molecular complexity index is 934. The number of esters is 1. The summed E-state index contributed by atoms with van der Waals surface area (Å²) >= 11 is 0. The molecule has 1 aromatic carbocycles. The van der Waals surface area contributed by atoms with Gasteiger partial charge in [0.15, 0.2) is 5.69 Å². The molecule has 3 rings (SSSR count). The van der Waals surface area contributed by atoms with Crippen molar-refractivity contribution in [1.29, 1.82) is 0 Å². The van der Waals surface area contributed by atoms with Crippen molar-refractivity contribution in [3.05, 3.63) is 52.2 Å². The van der Waals surface area contributed by atoms with Crippen molar-refractivity contribution in [2.45, 2.75) is 19.8 Å². The predicted octanol–water partition coefficient (Wildman–Crippen LogP) is 1.25. The summed E-state index contributed by atoms with van der Waals surface area (Å²) in [6.45, 7) is 2.74. The van der Waals surface area contributed by atoms with Gasteiger partial charge in [-0.1, -0.05) is 0 Å². The lowest BCUT2D eigenvalue weighted by molar-refractivity contribution is -0.122. The standard InChI is InChI=1S/C19H21FN4O4/c1-2-28-19(27)17-15(23-9-7-12(8-10-23)18(21)26)11-16(25)24(22-17)14-5-3-13(20)4-6-14/h3-6,11-12H,2,7-10H2,1H3,(H2,21,26). The molecule has 1 amide bonds. The molecular weight excluding hydrogens is 367 g/mol. The van der Waals surface area contributed by atoms with Crippen molar-refractivity contribution >= 4 is 17.6 Å². The predicted molar refractivity (Wildman–Crippen MR) is 99.9 cm³/mol. The van der Waals surface area contributed by atoms with E-state index in [1.165, 1.54) is 30.3 Å². The van der Waals surface area contributed by atoms with Crippen LogP contribution in [0, 0.1) is 11.7 Å². The molecule has 28 heavy (non-hydrogen) atoms. The Kier molecular flexibility index (Phi) is 5.72. The fraction of sp³-hybridized carbons (Fsp3) is 0.368. The molecule has 148 valence electrons. The number of anilines is 1. The van der Waals surface area contributed by atoms with Crippen LogP contribution in [0.3, 0.4) is 0 Å². The Hall–Kier alpha value is -3.23. The van der Waals surface area contributed by atoms with Crippen molar-refractivity contribution in [3.8, 4) is 5.69 Å². The third-order valence-electron chi connectivity index (χ3n) is 4.69. The van der Waals surface area contributed by atoms with Crippen molar-refractivity contribution in [3.63, 3.8) is 0 Å². The Labute approximate surface area is 160 Å². The lowest BCUT2D eigenvalue weighted by Gasteiger charge is -2.32. The van der Waals surface area contributed by atoms with Gasteiger partial charge >= 0.3 is 5.97 Å². The second kappa shape index (κ2) is 8.20. The molecular formula is C19H21FN4O4. The van der Waals surface area contributed by atoms with Gasteiger partial charge in [0.1, 0.15) is 5.82 Å². The summed E-state index contributed by atoms with van der Waals surface area (Å²) in [4.78, 5) is 38.3. The summed E-state index contributed by atoms with van der Waals surface area (Å²) < 4.78 is 19.3. The minimum Gasteiger partial charge on any atom is -0.461 e. The van der Waals surface area contributed by atoms with Crippen LogP contribution in [0.4, 0.5) is 10.1 Å². The maximum atomic E-state index is 13.2. The highest BCUT2D eigenvalue weighted by molar-refractivity contribution is 5.93. The first kappa shape index (κ1) is 19.5. The maximum Gasteiger partial charge on any atom is 0.360 e. The molecule has 2 heterocycles. The number of primary amides is 1. The molecule has 0 spiro atoms. The van der Waals surface area contributed by atoms with Gasteiger partial charge in [-0.05, 0) is 44.0 Å². The van der Waals surface area contributed by atoms with Crippen molar-refractivity contribution in [1.82, 2.24) is 9.78 Å². The van der Waals surface area contributed by atoms with Gasteiger partial charge in [0.05, 0.1) is 18.0 Å². The topological polar surface area (TPSA) is 108 Å². The number of rotatable bonds is 5. The molecule has 0 aliphatic carbocycles. The highest BCUT2D eigenvalue weighted by atomic mass is 19.1. The maximum absolute atomic E-state index is 13.2. The highest BCUT2D eigenvalue weighted by Gasteiger charge is 2.28. The summed E-state index contributed by atoms with van der Waals surface area (Å²) in [7, 11) is 0. The number of nitrogens with zero attached hydrogens (tertiary/aromatic N) is 3. The van der Waals surface area contributed by atoms with Crippen LogP contribution >= 0.6 is 0 Å². The molecule has 2 N–H and O–H groups in total. The first-order valence-electron chi connectivity index (χ1n) is 9.02. The molecule has 0 radical (unpaired) electrons. The molecule has 2 aromatic rings. The summed E-state index contributed by atoms with van der Waals surface area (Å²) in [6, 6.07) is 6.52. The smallest absolute Gasteiger partial charge is 0.360 e. The van der Waals surface area contributed by atoms with E-state index in [-0.39, 0.29) is 24.1 Å². The summed E-state index contributed by atoms with van der Waals surface area (Å²) in [5, 5.41) is 4.19. The van der Waals surface area contributed by atoms with Gasteiger partial charge in [-0.15, -0.1) is 0 Å². The SMILES string of the molecule is CCOC(=O)c1nn(-c2ccc(F)cc2)c(=O)cc1N1CCC(C(N)=O)CC1. The quantitative estimate of drug-likeness (QED) is 0.773. The first-order chi connectivity index (χ1) is 13.4. The number of amides is 1. The Morgan fingerprint density at radius 1 is 1.25 bits per heavy atom. The zero-order chi connectivity index (χ0) is 20.3. The molecule has 9 heteroatoms. The lowest BCUT2D eigenvalue weighted by Crippen LogP contribution is -2.40. The number of carbonyl (C=O) groups excluding carboxylic acids is 2. The van der Waals surface area contributed by atoms with Gasteiger partial charge < -0.3 is 15.4 Å². The molecule has 8 nitrogen and oxygen atoms in total. The molecule has 1 saturated heterocycles. The van der Waals surface area contributed by atoms with Gasteiger partial charge in [-0.2, -0.15) is 9.78 Å². The van der Waals surface area contributed by atoms with Crippen molar-refractivity contribution in [2.75, 3.05) is 24.6 Å². The number of hydrogen-bond donors (Lipinski definition) is 1. The number of nitrogens with two attached hydrogens (primary N) is 1. The number of carbonyl (C=O) groups is 2. The Morgan fingerprint density at radius 2 is 1.89 bits per heavy atom. The van der Waals surface area contributed by atoms with Crippen LogP contribution in [-0.2, 0) is 9.53 Å². The molecule has 0 unspecified atom stereocenters. The first-order valence-corrected chi connectivity index (χ1v) is 9.02. The van der Waals surface area contributed by atoms with E-state index < -0.39 is 17.3 Å². The fourth-order valence-corrected chi connectivity index (χ4v) is 3.21. The van der Waals surface area contributed by atoms with Gasteiger partial charge in [0.25, 0.3) is 5.56 Å². The molecule has 0 atom stereocenters. The zero-order valence-electron chi connectivity index (χ0n) is 15.4. The van der Waals surface area contributed by atoms with Gasteiger partial charge in [-0.25, -0.2) is 9.18 Å². The van der Waals surface area contributed by atoms with E-state index >= 15 is 0 Å². The van der Waals surface area contributed by atoms with E-state index in [9.17, 15) is 18.8 Å². The van der Waals surface area contributed by atoms with E-state index in [0.717, 1.165) is 4.68 Å². The molecule has 1 aromatic heterocycles. The van der Waals surface area contributed by atoms with E-state index in [0.29, 0.717) is 37.3 Å². The Morgan fingerprint density at radius 3 is 2.46 bits per heavy atom. The van der Waals surface area contributed by atoms with E-state index in [1.807, 2.05) is 4.90 Å². The normalized spacial score (nSPS) is 14.7. The molecule has 1 aliphatic rings. The zero-order valence-corrected chi connectivity index (χ0v) is 15.4. The summed E-state index contributed by atoms with van der Waals surface area (Å²) in [6.07, 6.45) is 1.05. The number of benzene rings is 1. The average Bonchev–Trinajstić information content (AvgIpc) is 2.69. The number of ether oxygens (including phenoxy) is 1. The number of hydrogen-bond acceptors (Lipinski definition) is 6. The fourth-order valence-electron chi connectivity index (χ4n) is 3.21. The van der Waals surface area contributed by atoms with Crippen LogP contribution in [0.1, 0.15) is 30.3 Å². The van der Waals surface area contributed by atoms with Crippen molar-refractivity contribution < 1.29 is 18.7 Å². The number of aromatic nitrogens is 2. The van der Waals surface area contributed by atoms with Crippen LogP contribution in [0.15, 0.2) is 35.1 Å². The second-order valence-electron chi connectivity index (χ2n) is 6.49. The lowest BCUT2D eigenvalue weighted by atomic mass is 9.96. The minimum atomic E-state index is -0.662. The van der Waals surface area contributed by atoms with Crippen LogP contribution in [0.2, 0.25) is 0 Å². The largest absolute Gasteiger partial charge is 0.461 e. The van der Waals surface area contributed by atoms with Gasteiger partial charge in [-0.3, -0.25) is 9.59 Å². The molecule has 1 aliphatic heterocycles.